The van der Waals surface area contributed by atoms with E-state index < -0.39 is 29.3 Å². The number of nitrogens with zero attached hydrogens (tertiary/aromatic N) is 2. The van der Waals surface area contributed by atoms with Crippen LogP contribution in [-0.2, 0) is 9.53 Å². The number of likely N-dealkylation sites (tertiary alicyclic amines) is 1. The van der Waals surface area contributed by atoms with E-state index >= 15 is 0 Å². The van der Waals surface area contributed by atoms with Gasteiger partial charge in [-0.25, -0.2) is 8.78 Å². The van der Waals surface area contributed by atoms with Gasteiger partial charge in [0, 0.05) is 19.0 Å². The highest BCUT2D eigenvalue weighted by Crippen LogP contribution is 2.50. The van der Waals surface area contributed by atoms with Crippen molar-refractivity contribution >= 4 is 11.8 Å². The molecule has 0 aliphatic carbocycles. The maximum absolute atomic E-state index is 14.1. The number of halogens is 2. The molecule has 3 saturated heterocycles. The van der Waals surface area contributed by atoms with Gasteiger partial charge in [0.15, 0.2) is 5.72 Å². The summed E-state index contributed by atoms with van der Waals surface area (Å²) in [5, 5.41) is 0. The summed E-state index contributed by atoms with van der Waals surface area (Å²) >= 11 is 0. The molecule has 28 heavy (non-hydrogen) atoms. The molecule has 3 aliphatic heterocycles. The van der Waals surface area contributed by atoms with Crippen LogP contribution in [0.1, 0.15) is 34.9 Å². The SMILES string of the molecule is O=C(c1ccc(F)cc1F)N1CC[C@@]23O[C@@H](c4ccccc4)CN2C(=O)C[C@@H]13. The van der Waals surface area contributed by atoms with Gasteiger partial charge in [-0.15, -0.1) is 0 Å². The van der Waals surface area contributed by atoms with Crippen LogP contribution in [-0.4, -0.2) is 46.5 Å². The van der Waals surface area contributed by atoms with Gasteiger partial charge in [-0.2, -0.15) is 0 Å². The quantitative estimate of drug-likeness (QED) is 0.800. The van der Waals surface area contributed by atoms with E-state index in [1.54, 1.807) is 4.90 Å². The third kappa shape index (κ3) is 2.39. The Morgan fingerprint density at radius 2 is 1.93 bits per heavy atom. The van der Waals surface area contributed by atoms with Crippen molar-refractivity contribution in [2.45, 2.75) is 30.7 Å². The van der Waals surface area contributed by atoms with Crippen LogP contribution in [0.3, 0.4) is 0 Å². The van der Waals surface area contributed by atoms with E-state index in [1.165, 1.54) is 4.90 Å². The van der Waals surface area contributed by atoms with E-state index in [-0.39, 0.29) is 24.0 Å². The lowest BCUT2D eigenvalue weighted by atomic mass is 10.1. The maximum Gasteiger partial charge on any atom is 0.257 e. The second-order valence-electron chi connectivity index (χ2n) is 7.46. The third-order valence-corrected chi connectivity index (χ3v) is 6.02. The number of ether oxygens (including phenoxy) is 1. The van der Waals surface area contributed by atoms with Crippen molar-refractivity contribution in [3.63, 3.8) is 0 Å². The molecule has 0 radical (unpaired) electrons. The first kappa shape index (κ1) is 17.3. The van der Waals surface area contributed by atoms with Crippen molar-refractivity contribution in [3.05, 3.63) is 71.3 Å². The van der Waals surface area contributed by atoms with Crippen molar-refractivity contribution in [2.24, 2.45) is 0 Å². The van der Waals surface area contributed by atoms with Crippen LogP contribution < -0.4 is 0 Å². The van der Waals surface area contributed by atoms with Gasteiger partial charge < -0.3 is 14.5 Å². The van der Waals surface area contributed by atoms with Crippen molar-refractivity contribution in [3.8, 4) is 0 Å². The molecular weight excluding hydrogens is 366 g/mol. The number of carbonyl (C=O) groups is 2. The van der Waals surface area contributed by atoms with Gasteiger partial charge in [0.25, 0.3) is 5.91 Å². The molecule has 2 amide bonds. The first-order valence-corrected chi connectivity index (χ1v) is 9.29. The maximum atomic E-state index is 14.1. The molecule has 3 heterocycles. The predicted molar refractivity (Wildman–Crippen MR) is 95.1 cm³/mol. The Bertz CT molecular complexity index is 967. The second-order valence-corrected chi connectivity index (χ2v) is 7.46. The Morgan fingerprint density at radius 1 is 1.14 bits per heavy atom. The van der Waals surface area contributed by atoms with Crippen molar-refractivity contribution in [1.29, 1.82) is 0 Å². The predicted octanol–water partition coefficient (Wildman–Crippen LogP) is 2.88. The smallest absolute Gasteiger partial charge is 0.257 e. The standard InChI is InChI=1S/C21H18F2N2O3/c22-14-6-7-15(16(23)10-14)20(27)24-9-8-21-18(24)11-19(26)25(21)12-17(28-21)13-4-2-1-3-5-13/h1-7,10,17-18H,8-9,11-12H2/t17-,18-,21+/m1/s1. The van der Waals surface area contributed by atoms with Crippen LogP contribution in [0.25, 0.3) is 0 Å². The summed E-state index contributed by atoms with van der Waals surface area (Å²) in [7, 11) is 0. The van der Waals surface area contributed by atoms with Crippen LogP contribution in [0, 0.1) is 11.6 Å². The molecule has 0 aromatic heterocycles. The highest BCUT2D eigenvalue weighted by atomic mass is 19.1. The van der Waals surface area contributed by atoms with Crippen LogP contribution in [0.4, 0.5) is 8.78 Å². The molecule has 0 unspecified atom stereocenters. The van der Waals surface area contributed by atoms with Crippen LogP contribution in [0.15, 0.2) is 48.5 Å². The molecule has 2 aromatic carbocycles. The highest BCUT2D eigenvalue weighted by Gasteiger charge is 2.65. The molecular formula is C21H18F2N2O3. The van der Waals surface area contributed by atoms with E-state index in [4.69, 9.17) is 4.74 Å². The van der Waals surface area contributed by atoms with Crippen molar-refractivity contribution in [2.75, 3.05) is 13.1 Å². The number of benzene rings is 2. The fraction of sp³-hybridized carbons (Fsp3) is 0.333. The van der Waals surface area contributed by atoms with Gasteiger partial charge in [-0.05, 0) is 17.7 Å². The van der Waals surface area contributed by atoms with Crippen LogP contribution >= 0.6 is 0 Å². The number of hydrogen-bond acceptors (Lipinski definition) is 3. The lowest BCUT2D eigenvalue weighted by Gasteiger charge is -2.32. The Kier molecular flexibility index (Phi) is 3.77. The number of amides is 2. The number of hydrogen-bond donors (Lipinski definition) is 0. The Morgan fingerprint density at radius 3 is 2.68 bits per heavy atom. The normalized spacial score (nSPS) is 28.6. The zero-order chi connectivity index (χ0) is 19.5. The molecule has 3 aliphatic rings. The summed E-state index contributed by atoms with van der Waals surface area (Å²) in [6, 6.07) is 12.1. The average Bonchev–Trinajstić information content (AvgIpc) is 3.31. The first-order valence-electron chi connectivity index (χ1n) is 9.29. The summed E-state index contributed by atoms with van der Waals surface area (Å²) in [6.07, 6.45) is 0.364. The molecule has 5 nitrogen and oxygen atoms in total. The second kappa shape index (κ2) is 6.10. The molecule has 0 bridgehead atoms. The summed E-state index contributed by atoms with van der Waals surface area (Å²) in [6.45, 7) is 0.790. The van der Waals surface area contributed by atoms with E-state index in [2.05, 4.69) is 0 Å². The monoisotopic (exact) mass is 384 g/mol. The topological polar surface area (TPSA) is 49.9 Å². The highest BCUT2D eigenvalue weighted by molar-refractivity contribution is 5.96. The van der Waals surface area contributed by atoms with Crippen LogP contribution in [0.5, 0.6) is 0 Å². The Balaban J connectivity index is 1.45. The van der Waals surface area contributed by atoms with Gasteiger partial charge in [-0.1, -0.05) is 30.3 Å². The fourth-order valence-corrected chi connectivity index (χ4v) is 4.73. The molecule has 3 atom stereocenters. The minimum atomic E-state index is -0.901. The van der Waals surface area contributed by atoms with Crippen molar-refractivity contribution < 1.29 is 23.1 Å². The molecule has 7 heteroatoms. The molecule has 0 N–H and O–H groups in total. The van der Waals surface area contributed by atoms with Gasteiger partial charge in [0.05, 0.1) is 24.6 Å². The van der Waals surface area contributed by atoms with Gasteiger partial charge in [0.1, 0.15) is 17.7 Å². The van der Waals surface area contributed by atoms with Crippen molar-refractivity contribution in [1.82, 2.24) is 9.80 Å². The molecule has 3 fully saturated rings. The largest absolute Gasteiger partial charge is 0.343 e. The minimum Gasteiger partial charge on any atom is -0.343 e. The molecule has 2 aromatic rings. The molecule has 5 rings (SSSR count). The Hall–Kier alpha value is -2.80. The zero-order valence-electron chi connectivity index (χ0n) is 15.0. The van der Waals surface area contributed by atoms with E-state index in [1.807, 2.05) is 30.3 Å². The van der Waals surface area contributed by atoms with Gasteiger partial charge in [-0.3, -0.25) is 9.59 Å². The molecule has 144 valence electrons. The Labute approximate surface area is 160 Å². The summed E-state index contributed by atoms with van der Waals surface area (Å²) in [4.78, 5) is 28.8. The minimum absolute atomic E-state index is 0.0690. The molecule has 1 spiro atoms. The lowest BCUT2D eigenvalue weighted by Crippen LogP contribution is -2.48. The summed E-state index contributed by atoms with van der Waals surface area (Å²) in [5.74, 6) is -2.25. The van der Waals surface area contributed by atoms with Gasteiger partial charge in [0.2, 0.25) is 5.91 Å². The molecule has 0 saturated carbocycles. The first-order chi connectivity index (χ1) is 13.5. The number of rotatable bonds is 2. The van der Waals surface area contributed by atoms with Gasteiger partial charge >= 0.3 is 0 Å². The number of carbonyl (C=O) groups excluding carboxylic acids is 2. The third-order valence-electron chi connectivity index (χ3n) is 6.02. The van der Waals surface area contributed by atoms with E-state index in [0.29, 0.717) is 25.6 Å². The fourth-order valence-electron chi connectivity index (χ4n) is 4.73. The summed E-state index contributed by atoms with van der Waals surface area (Å²) in [5.41, 5.74) is -0.0850. The van der Waals surface area contributed by atoms with E-state index in [0.717, 1.165) is 17.7 Å². The lowest BCUT2D eigenvalue weighted by molar-refractivity contribution is -0.138. The van der Waals surface area contributed by atoms with E-state index in [9.17, 15) is 18.4 Å². The zero-order valence-corrected chi connectivity index (χ0v) is 15.0. The average molecular weight is 384 g/mol. The van der Waals surface area contributed by atoms with Crippen LogP contribution in [0.2, 0.25) is 0 Å². The summed E-state index contributed by atoms with van der Waals surface area (Å²) < 4.78 is 33.7.